The Kier molecular flexibility index (Phi) is 4.33. The standard InChI is InChI=1S/C12H16BrNO/c1-8(2)5-9(3)11-6-10(13)7-14-12(11)15-4/h5-7,9H,1-4H3. The highest BCUT2D eigenvalue weighted by molar-refractivity contribution is 9.10. The normalized spacial score (nSPS) is 12.1. The second kappa shape index (κ2) is 5.31. The molecule has 1 aromatic rings. The summed E-state index contributed by atoms with van der Waals surface area (Å²) in [6.45, 7) is 6.32. The summed E-state index contributed by atoms with van der Waals surface area (Å²) in [7, 11) is 1.65. The van der Waals surface area contributed by atoms with Crippen LogP contribution >= 0.6 is 15.9 Å². The SMILES string of the molecule is COc1ncc(Br)cc1C(C)C=C(C)C. The summed E-state index contributed by atoms with van der Waals surface area (Å²) in [5, 5.41) is 0. The summed E-state index contributed by atoms with van der Waals surface area (Å²) in [5.41, 5.74) is 2.40. The molecule has 0 saturated carbocycles. The van der Waals surface area contributed by atoms with E-state index in [4.69, 9.17) is 4.74 Å². The molecule has 0 aliphatic rings. The molecule has 1 aromatic heterocycles. The lowest BCUT2D eigenvalue weighted by Crippen LogP contribution is -1.98. The van der Waals surface area contributed by atoms with E-state index in [0.29, 0.717) is 11.8 Å². The Morgan fingerprint density at radius 1 is 1.53 bits per heavy atom. The van der Waals surface area contributed by atoms with Crippen LogP contribution in [-0.2, 0) is 0 Å². The van der Waals surface area contributed by atoms with Crippen molar-refractivity contribution in [3.8, 4) is 5.88 Å². The third kappa shape index (κ3) is 3.34. The van der Waals surface area contributed by atoms with Crippen LogP contribution in [0.5, 0.6) is 5.88 Å². The maximum absolute atomic E-state index is 5.24. The minimum atomic E-state index is 0.315. The van der Waals surface area contributed by atoms with E-state index >= 15 is 0 Å². The molecule has 15 heavy (non-hydrogen) atoms. The topological polar surface area (TPSA) is 22.1 Å². The number of ether oxygens (including phenoxy) is 1. The van der Waals surface area contributed by atoms with Gasteiger partial charge in [0.25, 0.3) is 0 Å². The van der Waals surface area contributed by atoms with E-state index in [1.54, 1.807) is 13.3 Å². The van der Waals surface area contributed by atoms with Crippen LogP contribution in [-0.4, -0.2) is 12.1 Å². The molecule has 0 radical (unpaired) electrons. The monoisotopic (exact) mass is 269 g/mol. The summed E-state index contributed by atoms with van der Waals surface area (Å²) < 4.78 is 6.22. The predicted molar refractivity (Wildman–Crippen MR) is 66.3 cm³/mol. The number of hydrogen-bond acceptors (Lipinski definition) is 2. The molecule has 1 unspecified atom stereocenters. The minimum absolute atomic E-state index is 0.315. The largest absolute Gasteiger partial charge is 0.481 e. The summed E-state index contributed by atoms with van der Waals surface area (Å²) in [5.74, 6) is 1.01. The van der Waals surface area contributed by atoms with E-state index < -0.39 is 0 Å². The van der Waals surface area contributed by atoms with Gasteiger partial charge in [-0.3, -0.25) is 0 Å². The van der Waals surface area contributed by atoms with Gasteiger partial charge < -0.3 is 4.74 Å². The molecule has 0 fully saturated rings. The van der Waals surface area contributed by atoms with Crippen LogP contribution in [0, 0.1) is 0 Å². The third-order valence-electron chi connectivity index (χ3n) is 2.11. The summed E-state index contributed by atoms with van der Waals surface area (Å²) in [4.78, 5) is 4.23. The van der Waals surface area contributed by atoms with Crippen LogP contribution in [0.15, 0.2) is 28.4 Å². The van der Waals surface area contributed by atoms with E-state index in [9.17, 15) is 0 Å². The van der Waals surface area contributed by atoms with Gasteiger partial charge in [-0.1, -0.05) is 18.6 Å². The fourth-order valence-electron chi connectivity index (χ4n) is 1.53. The quantitative estimate of drug-likeness (QED) is 0.776. The Morgan fingerprint density at radius 3 is 2.73 bits per heavy atom. The van der Waals surface area contributed by atoms with Gasteiger partial charge in [-0.2, -0.15) is 0 Å². The summed E-state index contributed by atoms with van der Waals surface area (Å²) >= 11 is 3.42. The number of pyridine rings is 1. The molecule has 0 aromatic carbocycles. The van der Waals surface area contributed by atoms with Crippen LogP contribution in [0.25, 0.3) is 0 Å². The number of rotatable bonds is 3. The van der Waals surface area contributed by atoms with Crippen molar-refractivity contribution >= 4 is 15.9 Å². The molecule has 0 bridgehead atoms. The second-order valence-electron chi connectivity index (χ2n) is 3.78. The van der Waals surface area contributed by atoms with Gasteiger partial charge in [0.15, 0.2) is 0 Å². The first kappa shape index (κ1) is 12.2. The van der Waals surface area contributed by atoms with Gasteiger partial charge in [-0.25, -0.2) is 4.98 Å². The van der Waals surface area contributed by atoms with Crippen molar-refractivity contribution in [3.05, 3.63) is 33.9 Å². The number of methoxy groups -OCH3 is 1. The molecule has 1 atom stereocenters. The molecule has 1 heterocycles. The van der Waals surface area contributed by atoms with Crippen molar-refractivity contribution < 1.29 is 4.74 Å². The average molecular weight is 270 g/mol. The van der Waals surface area contributed by atoms with Gasteiger partial charge in [-0.05, 0) is 35.8 Å². The van der Waals surface area contributed by atoms with Gasteiger partial charge >= 0.3 is 0 Å². The Hall–Kier alpha value is -0.830. The lowest BCUT2D eigenvalue weighted by Gasteiger charge is -2.12. The molecule has 1 rings (SSSR count). The smallest absolute Gasteiger partial charge is 0.216 e. The molecular weight excluding hydrogens is 254 g/mol. The highest BCUT2D eigenvalue weighted by atomic mass is 79.9. The summed E-state index contributed by atoms with van der Waals surface area (Å²) in [6, 6.07) is 2.05. The maximum Gasteiger partial charge on any atom is 0.216 e. The van der Waals surface area contributed by atoms with Gasteiger partial charge in [0.1, 0.15) is 0 Å². The molecule has 0 amide bonds. The van der Waals surface area contributed by atoms with E-state index in [2.05, 4.69) is 53.8 Å². The van der Waals surface area contributed by atoms with Crippen molar-refractivity contribution in [2.24, 2.45) is 0 Å². The first-order valence-corrected chi connectivity index (χ1v) is 5.68. The van der Waals surface area contributed by atoms with Gasteiger partial charge in [-0.15, -0.1) is 0 Å². The zero-order valence-electron chi connectivity index (χ0n) is 9.54. The van der Waals surface area contributed by atoms with Crippen molar-refractivity contribution in [2.75, 3.05) is 7.11 Å². The lowest BCUT2D eigenvalue weighted by atomic mass is 10.0. The summed E-state index contributed by atoms with van der Waals surface area (Å²) in [6.07, 6.45) is 3.95. The molecule has 0 aliphatic heterocycles. The average Bonchev–Trinajstić information content (AvgIpc) is 2.16. The van der Waals surface area contributed by atoms with Crippen LogP contribution in [0.1, 0.15) is 32.3 Å². The zero-order valence-corrected chi connectivity index (χ0v) is 11.1. The molecule has 0 spiro atoms. The highest BCUT2D eigenvalue weighted by Crippen LogP contribution is 2.28. The Bertz CT molecular complexity index is 370. The Balaban J connectivity index is 3.11. The van der Waals surface area contributed by atoms with Crippen LogP contribution < -0.4 is 4.74 Å². The van der Waals surface area contributed by atoms with Crippen molar-refractivity contribution in [1.82, 2.24) is 4.98 Å². The van der Waals surface area contributed by atoms with Crippen LogP contribution in [0.2, 0.25) is 0 Å². The second-order valence-corrected chi connectivity index (χ2v) is 4.70. The number of aromatic nitrogens is 1. The Labute approximate surface area is 99.5 Å². The van der Waals surface area contributed by atoms with Gasteiger partial charge in [0, 0.05) is 22.2 Å². The van der Waals surface area contributed by atoms with E-state index in [1.165, 1.54) is 5.57 Å². The molecule has 2 nitrogen and oxygen atoms in total. The van der Waals surface area contributed by atoms with Gasteiger partial charge in [0.2, 0.25) is 5.88 Å². The van der Waals surface area contributed by atoms with Crippen molar-refractivity contribution in [3.63, 3.8) is 0 Å². The third-order valence-corrected chi connectivity index (χ3v) is 2.55. The van der Waals surface area contributed by atoms with Crippen LogP contribution in [0.3, 0.4) is 0 Å². The number of nitrogens with zero attached hydrogens (tertiary/aromatic N) is 1. The first-order valence-electron chi connectivity index (χ1n) is 4.89. The van der Waals surface area contributed by atoms with E-state index in [0.717, 1.165) is 10.0 Å². The number of halogens is 1. The molecular formula is C12H16BrNO. The predicted octanol–water partition coefficient (Wildman–Crippen LogP) is 3.92. The Morgan fingerprint density at radius 2 is 2.20 bits per heavy atom. The molecule has 0 aliphatic carbocycles. The van der Waals surface area contributed by atoms with Crippen molar-refractivity contribution in [1.29, 1.82) is 0 Å². The van der Waals surface area contributed by atoms with Gasteiger partial charge in [0.05, 0.1) is 7.11 Å². The molecule has 82 valence electrons. The maximum atomic E-state index is 5.24. The fourth-order valence-corrected chi connectivity index (χ4v) is 1.88. The number of hydrogen-bond donors (Lipinski definition) is 0. The molecule has 0 saturated heterocycles. The van der Waals surface area contributed by atoms with E-state index in [1.807, 2.05) is 0 Å². The first-order chi connectivity index (χ1) is 7.04. The van der Waals surface area contributed by atoms with Crippen molar-refractivity contribution in [2.45, 2.75) is 26.7 Å². The fraction of sp³-hybridized carbons (Fsp3) is 0.417. The lowest BCUT2D eigenvalue weighted by molar-refractivity contribution is 0.391. The molecule has 3 heteroatoms. The number of allylic oxidation sites excluding steroid dienone is 2. The van der Waals surface area contributed by atoms with E-state index in [-0.39, 0.29) is 0 Å². The van der Waals surface area contributed by atoms with Crippen LogP contribution in [0.4, 0.5) is 0 Å². The molecule has 0 N–H and O–H groups in total. The minimum Gasteiger partial charge on any atom is -0.481 e. The highest BCUT2D eigenvalue weighted by Gasteiger charge is 2.10. The zero-order chi connectivity index (χ0) is 11.4.